The van der Waals surface area contributed by atoms with E-state index in [1.165, 1.54) is 228 Å². The van der Waals surface area contributed by atoms with Crippen LogP contribution < -0.4 is 0 Å². The van der Waals surface area contributed by atoms with Crippen LogP contribution in [0.25, 0.3) is 46.4 Å². The second-order valence-electron chi connectivity index (χ2n) is 20.2. The van der Waals surface area contributed by atoms with Gasteiger partial charge in [-0.15, -0.1) is 0 Å². The number of rotatable bonds is 36. The fraction of sp³-hybridized carbons (Fsp3) is 0.667. The molecule has 0 amide bonds. The molecule has 4 nitrogen and oxygen atoms in total. The molecular weight excluding hydrogens is 777 g/mol. The molecule has 0 radical (unpaired) electrons. The summed E-state index contributed by atoms with van der Waals surface area (Å²) in [5.41, 5.74) is 11.7. The number of aromatic nitrogens is 4. The van der Waals surface area contributed by atoms with Crippen LogP contribution in [-0.4, -0.2) is 19.9 Å². The van der Waals surface area contributed by atoms with Crippen molar-refractivity contribution in [2.45, 2.75) is 246 Å². The lowest BCUT2D eigenvalue weighted by atomic mass is 9.88. The first-order valence-electron chi connectivity index (χ1n) is 27.7. The summed E-state index contributed by atoms with van der Waals surface area (Å²) in [6.07, 6.45) is 54.8. The van der Waals surface area contributed by atoms with Gasteiger partial charge in [0.2, 0.25) is 0 Å². The zero-order valence-electron chi connectivity index (χ0n) is 41.9. The predicted molar refractivity (Wildman–Crippen MR) is 284 cm³/mol. The van der Waals surface area contributed by atoms with Crippen LogP contribution in [-0.2, 0) is 12.8 Å². The van der Waals surface area contributed by atoms with Crippen molar-refractivity contribution < 1.29 is 0 Å². The molecule has 3 aromatic heterocycles. The topological polar surface area (TPSA) is 57.4 Å². The summed E-state index contributed by atoms with van der Waals surface area (Å²) in [6, 6.07) is 13.7. The fourth-order valence-electron chi connectivity index (χ4n) is 10.5. The van der Waals surface area contributed by atoms with Crippen LogP contribution in [0.2, 0.25) is 0 Å². The number of fused-ring (bicyclic) bond motifs is 8. The lowest BCUT2D eigenvalue weighted by molar-refractivity contribution is 0.400. The summed E-state index contributed by atoms with van der Waals surface area (Å²) in [6.45, 7) is 9.27. The van der Waals surface area contributed by atoms with E-state index in [4.69, 9.17) is 9.97 Å². The summed E-state index contributed by atoms with van der Waals surface area (Å²) >= 11 is 0. The summed E-state index contributed by atoms with van der Waals surface area (Å²) in [5.74, 6) is 1.35. The van der Waals surface area contributed by atoms with Crippen molar-refractivity contribution in [2.75, 3.05) is 0 Å². The van der Waals surface area contributed by atoms with Gasteiger partial charge in [-0.3, -0.25) is 0 Å². The SMILES string of the molecule is CCCCCCCCCCC(CCCCCCCC)Cc1c2nc(cc3ccc([nH]3)c(CC(CCCCCCCC)CCCCCCCCCC)c3nc(cc4ccc1[nH]4)C=C3)C=C2. The van der Waals surface area contributed by atoms with E-state index >= 15 is 0 Å². The average molecular weight is 871 g/mol. The highest BCUT2D eigenvalue weighted by molar-refractivity contribution is 5.80. The Labute approximate surface area is 392 Å². The molecule has 354 valence electrons. The molecule has 0 aliphatic carbocycles. The molecule has 0 spiro atoms. The molecule has 2 N–H and O–H groups in total. The molecule has 0 saturated heterocycles. The maximum absolute atomic E-state index is 5.36. The minimum absolute atomic E-state index is 0.673. The smallest absolute Gasteiger partial charge is 0.0690 e. The zero-order chi connectivity index (χ0) is 44.9. The van der Waals surface area contributed by atoms with Crippen molar-refractivity contribution >= 4 is 46.4 Å². The van der Waals surface area contributed by atoms with Crippen molar-refractivity contribution in [3.63, 3.8) is 0 Å². The van der Waals surface area contributed by atoms with Crippen LogP contribution >= 0.6 is 0 Å². The Bertz CT molecular complexity index is 1790. The molecule has 0 saturated carbocycles. The third-order valence-electron chi connectivity index (χ3n) is 14.5. The standard InChI is InChI=1S/C60H94N4/c1-5-9-13-17-21-23-27-31-35-49(33-29-25-19-15-11-7-3)45-55-57-41-37-51(61-57)47-53-39-43-59(63-53)56(60-44-40-54(64-60)48-52-38-42-58(55)62-52)46-50(34-30-26-20-16-12-8-4)36-32-28-24-22-18-14-10-6-2/h37-44,47-50,61,64H,5-36,45-46H2,1-4H3. The van der Waals surface area contributed by atoms with Gasteiger partial charge in [0.05, 0.1) is 22.8 Å². The van der Waals surface area contributed by atoms with E-state index in [0.29, 0.717) is 11.8 Å². The molecule has 0 aromatic carbocycles. The van der Waals surface area contributed by atoms with Crippen LogP contribution in [0, 0.1) is 11.8 Å². The van der Waals surface area contributed by atoms with E-state index in [1.807, 2.05) is 0 Å². The van der Waals surface area contributed by atoms with E-state index < -0.39 is 0 Å². The van der Waals surface area contributed by atoms with Crippen molar-refractivity contribution in [3.05, 3.63) is 70.3 Å². The third kappa shape index (κ3) is 19.2. The highest BCUT2D eigenvalue weighted by Crippen LogP contribution is 2.31. The largest absolute Gasteiger partial charge is 0.355 e. The lowest BCUT2D eigenvalue weighted by Crippen LogP contribution is -2.07. The van der Waals surface area contributed by atoms with E-state index in [-0.39, 0.29) is 0 Å². The Kier molecular flexibility index (Phi) is 25.4. The minimum Gasteiger partial charge on any atom is -0.355 e. The molecule has 3 aromatic rings. The monoisotopic (exact) mass is 871 g/mol. The number of hydrogen-bond acceptors (Lipinski definition) is 2. The second kappa shape index (κ2) is 31.5. The number of H-pyrrole nitrogens is 2. The molecule has 2 atom stereocenters. The Morgan fingerprint density at radius 1 is 0.359 bits per heavy atom. The Morgan fingerprint density at radius 2 is 0.656 bits per heavy atom. The maximum Gasteiger partial charge on any atom is 0.0690 e. The van der Waals surface area contributed by atoms with Gasteiger partial charge in [-0.2, -0.15) is 0 Å². The van der Waals surface area contributed by atoms with Crippen LogP contribution in [0.5, 0.6) is 0 Å². The van der Waals surface area contributed by atoms with Gasteiger partial charge < -0.3 is 9.97 Å². The summed E-state index contributed by atoms with van der Waals surface area (Å²) in [7, 11) is 0. The van der Waals surface area contributed by atoms with Crippen LogP contribution in [0.15, 0.2) is 36.4 Å². The van der Waals surface area contributed by atoms with E-state index in [0.717, 1.165) is 46.7 Å². The Balaban J connectivity index is 1.41. The first-order chi connectivity index (χ1) is 31.6. The van der Waals surface area contributed by atoms with Gasteiger partial charge in [-0.1, -0.05) is 233 Å². The van der Waals surface area contributed by atoms with Gasteiger partial charge in [-0.25, -0.2) is 9.97 Å². The second-order valence-corrected chi connectivity index (χ2v) is 20.2. The molecule has 4 heteroatoms. The van der Waals surface area contributed by atoms with E-state index in [2.05, 4.69) is 98.4 Å². The van der Waals surface area contributed by atoms with Crippen molar-refractivity contribution in [1.29, 1.82) is 0 Å². The molecule has 5 rings (SSSR count). The molecule has 2 aliphatic rings. The summed E-state index contributed by atoms with van der Waals surface area (Å²) < 4.78 is 0. The molecule has 2 unspecified atom stereocenters. The van der Waals surface area contributed by atoms with E-state index in [1.54, 1.807) is 0 Å². The Hall–Kier alpha value is -3.40. The lowest BCUT2D eigenvalue weighted by Gasteiger charge is -2.18. The van der Waals surface area contributed by atoms with Gasteiger partial charge in [0.1, 0.15) is 0 Å². The molecule has 5 heterocycles. The van der Waals surface area contributed by atoms with Gasteiger partial charge in [-0.05, 0) is 85.4 Å². The normalized spacial score (nSPS) is 13.3. The van der Waals surface area contributed by atoms with E-state index in [9.17, 15) is 0 Å². The number of nitrogens with zero attached hydrogens (tertiary/aromatic N) is 2. The van der Waals surface area contributed by atoms with Gasteiger partial charge in [0.15, 0.2) is 0 Å². The molecule has 2 aliphatic heterocycles. The minimum atomic E-state index is 0.673. The van der Waals surface area contributed by atoms with Crippen LogP contribution in [0.1, 0.15) is 267 Å². The van der Waals surface area contributed by atoms with Crippen LogP contribution in [0.3, 0.4) is 0 Å². The first-order valence-corrected chi connectivity index (χ1v) is 27.7. The van der Waals surface area contributed by atoms with Crippen molar-refractivity contribution in [2.24, 2.45) is 11.8 Å². The fourth-order valence-corrected chi connectivity index (χ4v) is 10.5. The molecule has 64 heavy (non-hydrogen) atoms. The maximum atomic E-state index is 5.36. The number of aromatic amines is 2. The first kappa shape index (κ1) is 51.6. The number of hydrogen-bond donors (Lipinski definition) is 2. The van der Waals surface area contributed by atoms with Gasteiger partial charge in [0, 0.05) is 33.2 Å². The predicted octanol–water partition coefficient (Wildman–Crippen LogP) is 19.5. The zero-order valence-corrected chi connectivity index (χ0v) is 41.9. The van der Waals surface area contributed by atoms with Crippen LogP contribution in [0.4, 0.5) is 0 Å². The molecule has 0 fully saturated rings. The number of unbranched alkanes of at least 4 members (excludes halogenated alkanes) is 24. The number of nitrogens with one attached hydrogen (secondary N) is 2. The van der Waals surface area contributed by atoms with Gasteiger partial charge in [0.25, 0.3) is 0 Å². The molecule has 8 bridgehead atoms. The highest BCUT2D eigenvalue weighted by Gasteiger charge is 2.18. The average Bonchev–Trinajstić information content (AvgIpc) is 4.15. The Morgan fingerprint density at radius 3 is 0.969 bits per heavy atom. The van der Waals surface area contributed by atoms with Crippen molar-refractivity contribution in [1.82, 2.24) is 19.9 Å². The quantitative estimate of drug-likeness (QED) is 0.0394. The van der Waals surface area contributed by atoms with Crippen molar-refractivity contribution in [3.8, 4) is 0 Å². The molecular formula is C60H94N4. The van der Waals surface area contributed by atoms with Gasteiger partial charge >= 0.3 is 0 Å². The summed E-state index contributed by atoms with van der Waals surface area (Å²) in [5, 5.41) is 0. The third-order valence-corrected chi connectivity index (χ3v) is 14.5. The highest BCUT2D eigenvalue weighted by atomic mass is 14.8. The summed E-state index contributed by atoms with van der Waals surface area (Å²) in [4.78, 5) is 18.5.